The zero-order valence-corrected chi connectivity index (χ0v) is 15.7. The number of carbonyl (C=O) groups excluding carboxylic acids is 1. The molecule has 0 bridgehead atoms. The van der Waals surface area contributed by atoms with Gasteiger partial charge in [-0.25, -0.2) is 4.79 Å². The molecule has 0 spiro atoms. The molecule has 1 heterocycles. The maximum Gasteiger partial charge on any atom is 0.337 e. The first kappa shape index (κ1) is 18.1. The van der Waals surface area contributed by atoms with Gasteiger partial charge in [-0.1, -0.05) is 57.1 Å². The van der Waals surface area contributed by atoms with Crippen molar-refractivity contribution in [2.75, 3.05) is 0 Å². The van der Waals surface area contributed by atoms with Gasteiger partial charge in [0, 0.05) is 12.1 Å². The SMILES string of the molecule is CC(C)[SiH](c1ccc(CC(=O)On2c(O)ccc2O)cc1)C(C)C. The molecule has 0 aliphatic rings. The third-order valence-electron chi connectivity index (χ3n) is 4.14. The molecular weight excluding hydrogens is 322 g/mol. The van der Waals surface area contributed by atoms with E-state index in [-0.39, 0.29) is 18.2 Å². The predicted molar refractivity (Wildman–Crippen MR) is 96.5 cm³/mol. The molecule has 1 aromatic heterocycles. The summed E-state index contributed by atoms with van der Waals surface area (Å²) in [5.74, 6) is -1.19. The molecule has 5 nitrogen and oxygen atoms in total. The first-order chi connectivity index (χ1) is 11.3. The van der Waals surface area contributed by atoms with Crippen LogP contribution in [0.5, 0.6) is 11.8 Å². The Hall–Kier alpha value is -2.21. The Bertz CT molecular complexity index is 664. The summed E-state index contributed by atoms with van der Waals surface area (Å²) in [4.78, 5) is 16.9. The zero-order valence-electron chi connectivity index (χ0n) is 14.6. The van der Waals surface area contributed by atoms with Crippen LogP contribution < -0.4 is 10.0 Å². The Balaban J connectivity index is 2.05. The molecular formula is C18H25NO4Si. The van der Waals surface area contributed by atoms with Crippen molar-refractivity contribution in [3.8, 4) is 11.8 Å². The minimum absolute atomic E-state index is 0.0763. The molecule has 2 rings (SSSR count). The van der Waals surface area contributed by atoms with E-state index in [1.165, 1.54) is 17.3 Å². The second kappa shape index (κ2) is 7.57. The van der Waals surface area contributed by atoms with E-state index < -0.39 is 14.8 Å². The van der Waals surface area contributed by atoms with Crippen LogP contribution in [-0.4, -0.2) is 29.7 Å². The largest absolute Gasteiger partial charge is 0.492 e. The average Bonchev–Trinajstić information content (AvgIpc) is 2.80. The molecule has 0 fully saturated rings. The summed E-state index contributed by atoms with van der Waals surface area (Å²) in [5, 5.41) is 20.4. The lowest BCUT2D eigenvalue weighted by atomic mass is 10.2. The van der Waals surface area contributed by atoms with Crippen molar-refractivity contribution in [2.24, 2.45) is 0 Å². The highest BCUT2D eigenvalue weighted by Crippen LogP contribution is 2.21. The van der Waals surface area contributed by atoms with Gasteiger partial charge in [0.2, 0.25) is 11.8 Å². The highest BCUT2D eigenvalue weighted by Gasteiger charge is 2.21. The van der Waals surface area contributed by atoms with Crippen LogP contribution in [0.1, 0.15) is 33.3 Å². The molecule has 0 saturated heterocycles. The summed E-state index contributed by atoms with van der Waals surface area (Å²) in [6.07, 6.45) is 0.0763. The number of benzene rings is 1. The second-order valence-electron chi connectivity index (χ2n) is 6.74. The van der Waals surface area contributed by atoms with Crippen LogP contribution in [0.15, 0.2) is 36.4 Å². The highest BCUT2D eigenvalue weighted by atomic mass is 28.3. The van der Waals surface area contributed by atoms with E-state index in [4.69, 9.17) is 4.84 Å². The summed E-state index contributed by atoms with van der Waals surface area (Å²) in [5.41, 5.74) is 2.20. The van der Waals surface area contributed by atoms with Crippen LogP contribution in [0.25, 0.3) is 0 Å². The van der Waals surface area contributed by atoms with Crippen molar-refractivity contribution in [3.05, 3.63) is 42.0 Å². The number of carbonyl (C=O) groups is 1. The van der Waals surface area contributed by atoms with Crippen LogP contribution in [0.4, 0.5) is 0 Å². The number of aromatic nitrogens is 1. The molecule has 0 aliphatic carbocycles. The first-order valence-electron chi connectivity index (χ1n) is 8.19. The van der Waals surface area contributed by atoms with Gasteiger partial charge in [-0.3, -0.25) is 0 Å². The minimum atomic E-state index is -1.04. The van der Waals surface area contributed by atoms with Crippen LogP contribution in [0.2, 0.25) is 11.1 Å². The molecule has 2 aromatic rings. The molecule has 24 heavy (non-hydrogen) atoms. The van der Waals surface area contributed by atoms with E-state index >= 15 is 0 Å². The Morgan fingerprint density at radius 1 is 1.00 bits per heavy atom. The van der Waals surface area contributed by atoms with Gasteiger partial charge in [0.25, 0.3) is 0 Å². The summed E-state index contributed by atoms with van der Waals surface area (Å²) >= 11 is 0. The fourth-order valence-electron chi connectivity index (χ4n) is 3.19. The Morgan fingerprint density at radius 3 is 1.96 bits per heavy atom. The average molecular weight is 347 g/mol. The monoisotopic (exact) mass is 347 g/mol. The van der Waals surface area contributed by atoms with E-state index in [0.29, 0.717) is 15.8 Å². The maximum atomic E-state index is 12.0. The Labute approximate surface area is 144 Å². The number of rotatable bonds is 6. The van der Waals surface area contributed by atoms with Crippen LogP contribution in [0.3, 0.4) is 0 Å². The van der Waals surface area contributed by atoms with Crippen molar-refractivity contribution < 1.29 is 19.8 Å². The third-order valence-corrected chi connectivity index (χ3v) is 8.17. The predicted octanol–water partition coefficient (Wildman–Crippen LogP) is 2.35. The Kier molecular flexibility index (Phi) is 5.72. The fraction of sp³-hybridized carbons (Fsp3) is 0.389. The van der Waals surface area contributed by atoms with Gasteiger partial charge in [-0.15, -0.1) is 4.73 Å². The Morgan fingerprint density at radius 2 is 1.50 bits per heavy atom. The van der Waals surface area contributed by atoms with Crippen LogP contribution in [-0.2, 0) is 11.2 Å². The van der Waals surface area contributed by atoms with Crippen molar-refractivity contribution in [2.45, 2.75) is 45.2 Å². The smallest absolute Gasteiger partial charge is 0.337 e. The van der Waals surface area contributed by atoms with Gasteiger partial charge in [0.1, 0.15) is 0 Å². The van der Waals surface area contributed by atoms with Gasteiger partial charge >= 0.3 is 5.97 Å². The molecule has 0 aliphatic heterocycles. The summed E-state index contributed by atoms with van der Waals surface area (Å²) < 4.78 is 0.706. The molecule has 0 amide bonds. The third kappa shape index (κ3) is 4.20. The van der Waals surface area contributed by atoms with E-state index in [1.54, 1.807) is 0 Å². The van der Waals surface area contributed by atoms with E-state index in [1.807, 2.05) is 12.1 Å². The quantitative estimate of drug-likeness (QED) is 0.787. The topological polar surface area (TPSA) is 71.7 Å². The van der Waals surface area contributed by atoms with Gasteiger partial charge in [0.15, 0.2) is 0 Å². The van der Waals surface area contributed by atoms with Gasteiger partial charge in [-0.2, -0.15) is 0 Å². The summed E-state index contributed by atoms with van der Waals surface area (Å²) in [7, 11) is -1.04. The van der Waals surface area contributed by atoms with Crippen molar-refractivity contribution in [1.82, 2.24) is 4.73 Å². The maximum absolute atomic E-state index is 12.0. The lowest BCUT2D eigenvalue weighted by Crippen LogP contribution is -2.35. The molecule has 0 saturated carbocycles. The lowest BCUT2D eigenvalue weighted by molar-refractivity contribution is -0.144. The minimum Gasteiger partial charge on any atom is -0.492 e. The number of aromatic hydroxyl groups is 2. The molecule has 1 aromatic carbocycles. The number of hydrogen-bond acceptors (Lipinski definition) is 4. The molecule has 0 atom stereocenters. The first-order valence-corrected chi connectivity index (χ1v) is 10.1. The summed E-state index contributed by atoms with van der Waals surface area (Å²) in [6, 6.07) is 10.6. The fourth-order valence-corrected chi connectivity index (χ4v) is 6.91. The molecule has 0 unspecified atom stereocenters. The van der Waals surface area contributed by atoms with E-state index in [2.05, 4.69) is 39.8 Å². The molecule has 2 N–H and O–H groups in total. The highest BCUT2D eigenvalue weighted by molar-refractivity contribution is 6.75. The van der Waals surface area contributed by atoms with Crippen LogP contribution >= 0.6 is 0 Å². The standard InChI is InChI=1S/C18H25NO4Si/c1-12(2)24(13(3)4)15-7-5-14(6-8-15)11-18(22)23-19-16(20)9-10-17(19)21/h5-10,12-13,20-21,24H,11H2,1-4H3. The van der Waals surface area contributed by atoms with Gasteiger partial charge in [0.05, 0.1) is 15.2 Å². The number of nitrogens with zero attached hydrogens (tertiary/aromatic N) is 1. The van der Waals surface area contributed by atoms with Gasteiger partial charge < -0.3 is 15.1 Å². The van der Waals surface area contributed by atoms with Crippen LogP contribution in [0, 0.1) is 0 Å². The van der Waals surface area contributed by atoms with E-state index in [0.717, 1.165) is 5.56 Å². The van der Waals surface area contributed by atoms with Crippen molar-refractivity contribution >= 4 is 20.0 Å². The normalized spacial score (nSPS) is 11.5. The molecule has 130 valence electrons. The molecule has 6 heteroatoms. The lowest BCUT2D eigenvalue weighted by Gasteiger charge is -2.23. The zero-order chi connectivity index (χ0) is 17.9. The van der Waals surface area contributed by atoms with Gasteiger partial charge in [-0.05, 0) is 16.6 Å². The number of hydrogen-bond donors (Lipinski definition) is 2. The molecule has 0 radical (unpaired) electrons. The summed E-state index contributed by atoms with van der Waals surface area (Å²) in [6.45, 7) is 9.10. The van der Waals surface area contributed by atoms with E-state index in [9.17, 15) is 15.0 Å². The van der Waals surface area contributed by atoms with Crippen molar-refractivity contribution in [1.29, 1.82) is 0 Å². The van der Waals surface area contributed by atoms with Crippen molar-refractivity contribution in [3.63, 3.8) is 0 Å². The second-order valence-corrected chi connectivity index (χ2v) is 11.1.